The Balaban J connectivity index is 2.07. The van der Waals surface area contributed by atoms with Crippen LogP contribution < -0.4 is 10.6 Å². The zero-order chi connectivity index (χ0) is 19.3. The zero-order valence-electron chi connectivity index (χ0n) is 15.2. The van der Waals surface area contributed by atoms with Gasteiger partial charge in [-0.1, -0.05) is 22.0 Å². The molecule has 8 heteroatoms. The number of halogens is 1. The van der Waals surface area contributed by atoms with Gasteiger partial charge in [0.15, 0.2) is 5.69 Å². The fourth-order valence-electron chi connectivity index (χ4n) is 2.22. The van der Waals surface area contributed by atoms with Crippen molar-refractivity contribution in [2.24, 2.45) is 0 Å². The van der Waals surface area contributed by atoms with Gasteiger partial charge in [0.05, 0.1) is 6.54 Å². The van der Waals surface area contributed by atoms with Gasteiger partial charge in [0.2, 0.25) is 5.89 Å². The summed E-state index contributed by atoms with van der Waals surface area (Å²) < 4.78 is 6.24. The fraction of sp³-hybridized carbons (Fsp3) is 0.389. The molecule has 0 saturated carbocycles. The van der Waals surface area contributed by atoms with Crippen LogP contribution >= 0.6 is 15.9 Å². The molecule has 0 aliphatic carbocycles. The lowest BCUT2D eigenvalue weighted by Crippen LogP contribution is -2.39. The van der Waals surface area contributed by atoms with Crippen LogP contribution in [0.5, 0.6) is 0 Å². The van der Waals surface area contributed by atoms with Crippen molar-refractivity contribution in [1.29, 1.82) is 0 Å². The minimum atomic E-state index is -0.301. The molecule has 0 aliphatic heterocycles. The molecule has 1 aromatic carbocycles. The first-order chi connectivity index (χ1) is 12.3. The van der Waals surface area contributed by atoms with Crippen LogP contribution in [-0.2, 0) is 6.54 Å². The Morgan fingerprint density at radius 1 is 1.27 bits per heavy atom. The summed E-state index contributed by atoms with van der Waals surface area (Å²) in [6.07, 6.45) is 1.30. The maximum Gasteiger partial charge on any atom is 0.322 e. The van der Waals surface area contributed by atoms with Crippen LogP contribution in [0.1, 0.15) is 44.1 Å². The first-order valence-electron chi connectivity index (χ1n) is 8.34. The van der Waals surface area contributed by atoms with E-state index >= 15 is 0 Å². The molecule has 1 heterocycles. The second-order valence-electron chi connectivity index (χ2n) is 6.42. The maximum absolute atomic E-state index is 12.6. The molecule has 0 aliphatic rings. The van der Waals surface area contributed by atoms with Gasteiger partial charge in [0, 0.05) is 22.2 Å². The molecular weight excluding hydrogens is 400 g/mol. The number of nitrogens with zero attached hydrogens (tertiary/aromatic N) is 2. The number of oxazole rings is 1. The normalized spacial score (nSPS) is 10.9. The fourth-order valence-corrected chi connectivity index (χ4v) is 2.62. The third kappa shape index (κ3) is 5.59. The number of amides is 3. The molecule has 2 aromatic rings. The smallest absolute Gasteiger partial charge is 0.322 e. The van der Waals surface area contributed by atoms with Gasteiger partial charge in [0.1, 0.15) is 6.26 Å². The Hall–Kier alpha value is -2.35. The van der Waals surface area contributed by atoms with Crippen LogP contribution in [0.25, 0.3) is 0 Å². The molecule has 7 nitrogen and oxygen atoms in total. The predicted octanol–water partition coefficient (Wildman–Crippen LogP) is 4.02. The number of carbonyl (C=O) groups is 2. The number of urea groups is 1. The molecule has 0 fully saturated rings. The van der Waals surface area contributed by atoms with Crippen molar-refractivity contribution in [2.75, 3.05) is 5.32 Å². The molecule has 2 N–H and O–H groups in total. The third-order valence-corrected chi connectivity index (χ3v) is 3.96. The zero-order valence-corrected chi connectivity index (χ0v) is 16.8. The minimum absolute atomic E-state index is 0.00536. The monoisotopic (exact) mass is 422 g/mol. The number of hydrogen-bond donors (Lipinski definition) is 2. The molecule has 1 aromatic heterocycles. The average Bonchev–Trinajstić information content (AvgIpc) is 3.00. The van der Waals surface area contributed by atoms with Gasteiger partial charge in [-0.15, -0.1) is 0 Å². The second kappa shape index (κ2) is 8.84. The Labute approximate surface area is 161 Å². The number of nitrogens with one attached hydrogen (secondary N) is 2. The lowest BCUT2D eigenvalue weighted by Gasteiger charge is -2.25. The summed E-state index contributed by atoms with van der Waals surface area (Å²) >= 11 is 3.38. The molecule has 2 rings (SSSR count). The predicted molar refractivity (Wildman–Crippen MR) is 103 cm³/mol. The molecule has 0 unspecified atom stereocenters. The van der Waals surface area contributed by atoms with Gasteiger partial charge in [0.25, 0.3) is 5.91 Å². The highest BCUT2D eigenvalue weighted by Crippen LogP contribution is 2.17. The number of rotatable bonds is 6. The van der Waals surface area contributed by atoms with Crippen LogP contribution in [0, 0.1) is 0 Å². The first kappa shape index (κ1) is 20.0. The van der Waals surface area contributed by atoms with E-state index < -0.39 is 0 Å². The first-order valence-corrected chi connectivity index (χ1v) is 9.14. The van der Waals surface area contributed by atoms with Crippen molar-refractivity contribution in [3.05, 3.63) is 46.6 Å². The molecule has 0 bridgehead atoms. The van der Waals surface area contributed by atoms with Crippen LogP contribution in [0.2, 0.25) is 0 Å². The van der Waals surface area contributed by atoms with Crippen LogP contribution in [0.15, 0.2) is 39.4 Å². The van der Waals surface area contributed by atoms with Crippen LogP contribution in [0.4, 0.5) is 10.5 Å². The van der Waals surface area contributed by atoms with Crippen molar-refractivity contribution in [3.63, 3.8) is 0 Å². The molecular formula is C18H23BrN4O3. The summed E-state index contributed by atoms with van der Waals surface area (Å²) in [5.41, 5.74) is 0.879. The summed E-state index contributed by atoms with van der Waals surface area (Å²) in [4.78, 5) is 30.3. The highest BCUT2D eigenvalue weighted by molar-refractivity contribution is 9.10. The lowest BCUT2D eigenvalue weighted by molar-refractivity contribution is 0.0938. The molecule has 0 radical (unpaired) electrons. The topological polar surface area (TPSA) is 87.5 Å². The van der Waals surface area contributed by atoms with E-state index in [0.717, 1.165) is 4.47 Å². The Morgan fingerprint density at radius 3 is 2.62 bits per heavy atom. The van der Waals surface area contributed by atoms with E-state index in [4.69, 9.17) is 4.42 Å². The van der Waals surface area contributed by atoms with Gasteiger partial charge in [-0.25, -0.2) is 9.78 Å². The van der Waals surface area contributed by atoms with Crippen LogP contribution in [-0.4, -0.2) is 33.9 Å². The minimum Gasteiger partial charge on any atom is -0.446 e. The molecule has 0 saturated heterocycles. The second-order valence-corrected chi connectivity index (χ2v) is 7.33. The summed E-state index contributed by atoms with van der Waals surface area (Å²) in [7, 11) is 0. The van der Waals surface area contributed by atoms with Crippen molar-refractivity contribution in [2.45, 2.75) is 46.3 Å². The number of hydrogen-bond acceptors (Lipinski definition) is 4. The van der Waals surface area contributed by atoms with Gasteiger partial charge in [-0.05, 0) is 45.9 Å². The Bertz CT molecular complexity index is 773. The lowest BCUT2D eigenvalue weighted by atomic mass is 10.3. The summed E-state index contributed by atoms with van der Waals surface area (Å²) in [5.74, 6) is 0.00156. The van der Waals surface area contributed by atoms with Gasteiger partial charge in [-0.2, -0.15) is 0 Å². The van der Waals surface area contributed by atoms with Crippen molar-refractivity contribution < 1.29 is 14.0 Å². The van der Waals surface area contributed by atoms with E-state index in [9.17, 15) is 9.59 Å². The van der Waals surface area contributed by atoms with Crippen LogP contribution in [0.3, 0.4) is 0 Å². The average molecular weight is 423 g/mol. The van der Waals surface area contributed by atoms with E-state index in [-0.39, 0.29) is 36.3 Å². The van der Waals surface area contributed by atoms with E-state index in [1.165, 1.54) is 6.26 Å². The Kier molecular flexibility index (Phi) is 6.79. The van der Waals surface area contributed by atoms with E-state index in [1.807, 2.05) is 45.9 Å². The Morgan fingerprint density at radius 2 is 2.00 bits per heavy atom. The van der Waals surface area contributed by atoms with Crippen molar-refractivity contribution in [1.82, 2.24) is 15.2 Å². The quantitative estimate of drug-likeness (QED) is 0.735. The maximum atomic E-state index is 12.6. The molecule has 26 heavy (non-hydrogen) atoms. The molecule has 140 valence electrons. The third-order valence-electron chi connectivity index (χ3n) is 3.47. The van der Waals surface area contributed by atoms with Gasteiger partial charge < -0.3 is 20.0 Å². The van der Waals surface area contributed by atoms with Crippen molar-refractivity contribution >= 4 is 33.6 Å². The molecule has 0 spiro atoms. The summed E-state index contributed by atoms with van der Waals surface area (Å²) in [6.45, 7) is 7.69. The van der Waals surface area contributed by atoms with E-state index in [0.29, 0.717) is 11.6 Å². The molecule has 3 amide bonds. The summed E-state index contributed by atoms with van der Waals surface area (Å²) in [5, 5.41) is 5.60. The highest BCUT2D eigenvalue weighted by atomic mass is 79.9. The van der Waals surface area contributed by atoms with Crippen molar-refractivity contribution in [3.8, 4) is 0 Å². The number of benzene rings is 1. The SMILES string of the molecule is CC(C)NC(=O)c1coc(CN(C(=O)Nc2cccc(Br)c2)C(C)C)n1. The van der Waals surface area contributed by atoms with Gasteiger partial charge >= 0.3 is 6.03 Å². The highest BCUT2D eigenvalue weighted by Gasteiger charge is 2.21. The van der Waals surface area contributed by atoms with E-state index in [1.54, 1.807) is 11.0 Å². The van der Waals surface area contributed by atoms with E-state index in [2.05, 4.69) is 31.5 Å². The number of aromatic nitrogens is 1. The number of anilines is 1. The summed E-state index contributed by atoms with van der Waals surface area (Å²) in [6, 6.07) is 6.99. The van der Waals surface area contributed by atoms with Gasteiger partial charge in [-0.3, -0.25) is 4.79 Å². The standard InChI is InChI=1S/C18H23BrN4O3/c1-11(2)20-17(24)15-10-26-16(22-15)9-23(12(3)4)18(25)21-14-7-5-6-13(19)8-14/h5-8,10-12H,9H2,1-4H3,(H,20,24)(H,21,25). The number of carbonyl (C=O) groups excluding carboxylic acids is 2. The molecule has 0 atom stereocenters. The largest absolute Gasteiger partial charge is 0.446 e.